The Bertz CT molecular complexity index is 481. The Morgan fingerprint density at radius 3 is 2.11 bits per heavy atom. The summed E-state index contributed by atoms with van der Waals surface area (Å²) in [4.78, 5) is 13.7. The van der Waals surface area contributed by atoms with Gasteiger partial charge in [-0.05, 0) is 46.8 Å². The van der Waals surface area contributed by atoms with Crippen molar-refractivity contribution in [2.45, 2.75) is 45.8 Å². The van der Waals surface area contributed by atoms with Crippen LogP contribution in [0.2, 0.25) is 0 Å². The first-order valence-electron chi connectivity index (χ1n) is 6.17. The fourth-order valence-corrected chi connectivity index (χ4v) is 1.59. The predicted molar refractivity (Wildman–Crippen MR) is 74.8 cm³/mol. The molecule has 1 aromatic rings. The second kappa shape index (κ2) is 5.31. The van der Waals surface area contributed by atoms with E-state index in [1.165, 1.54) is 4.90 Å². The Labute approximate surface area is 114 Å². The molecule has 0 radical (unpaired) electrons. The summed E-state index contributed by atoms with van der Waals surface area (Å²) in [5.74, 6) is 0. The van der Waals surface area contributed by atoms with Crippen LogP contribution in [0.25, 0.3) is 0 Å². The molecule has 4 nitrogen and oxygen atoms in total. The number of carbonyl (C=O) groups is 1. The van der Waals surface area contributed by atoms with Crippen LogP contribution in [0.4, 0.5) is 10.5 Å². The molecule has 0 bridgehead atoms. The first-order chi connectivity index (χ1) is 8.67. The van der Waals surface area contributed by atoms with Crippen LogP contribution in [-0.2, 0) is 4.74 Å². The summed E-state index contributed by atoms with van der Waals surface area (Å²) in [5, 5.41) is 9.27. The number of amides is 1. The van der Waals surface area contributed by atoms with Crippen LogP contribution in [-0.4, -0.2) is 17.2 Å². The molecule has 1 aromatic carbocycles. The largest absolute Gasteiger partial charge is 0.443 e. The van der Waals surface area contributed by atoms with E-state index in [0.29, 0.717) is 5.69 Å². The van der Waals surface area contributed by atoms with Crippen molar-refractivity contribution in [3.63, 3.8) is 0 Å². The molecular formula is C15H20N2O2. The predicted octanol–water partition coefficient (Wildman–Crippen LogP) is 3.73. The van der Waals surface area contributed by atoms with E-state index < -0.39 is 17.2 Å². The molecule has 0 fully saturated rings. The standard InChI is InChI=1S/C15H20N2O2/c1-14(2,3)19-13(18)17(15(4,5)11-16)12-9-7-6-8-10-12/h6-10H,1-5H3. The minimum absolute atomic E-state index is 0.523. The lowest BCUT2D eigenvalue weighted by molar-refractivity contribution is 0.0558. The third-order valence-corrected chi connectivity index (χ3v) is 2.42. The van der Waals surface area contributed by atoms with Crippen LogP contribution >= 0.6 is 0 Å². The van der Waals surface area contributed by atoms with Gasteiger partial charge in [-0.15, -0.1) is 0 Å². The number of para-hydroxylation sites is 1. The van der Waals surface area contributed by atoms with Gasteiger partial charge in [-0.25, -0.2) is 4.79 Å². The van der Waals surface area contributed by atoms with Gasteiger partial charge in [0.1, 0.15) is 11.1 Å². The summed E-state index contributed by atoms with van der Waals surface area (Å²) < 4.78 is 5.38. The van der Waals surface area contributed by atoms with Crippen molar-refractivity contribution >= 4 is 11.8 Å². The highest BCUT2D eigenvalue weighted by Crippen LogP contribution is 2.26. The highest BCUT2D eigenvalue weighted by atomic mass is 16.6. The average Bonchev–Trinajstić information content (AvgIpc) is 2.27. The van der Waals surface area contributed by atoms with Gasteiger partial charge in [0.05, 0.1) is 6.07 Å². The summed E-state index contributed by atoms with van der Waals surface area (Å²) in [7, 11) is 0. The van der Waals surface area contributed by atoms with E-state index in [0.717, 1.165) is 0 Å². The first-order valence-corrected chi connectivity index (χ1v) is 6.17. The lowest BCUT2D eigenvalue weighted by Crippen LogP contribution is -2.49. The minimum Gasteiger partial charge on any atom is -0.443 e. The summed E-state index contributed by atoms with van der Waals surface area (Å²) in [6.07, 6.45) is -0.523. The average molecular weight is 260 g/mol. The molecule has 0 N–H and O–H groups in total. The van der Waals surface area contributed by atoms with Crippen LogP contribution < -0.4 is 4.90 Å². The van der Waals surface area contributed by atoms with Gasteiger partial charge >= 0.3 is 6.09 Å². The van der Waals surface area contributed by atoms with Crippen molar-refractivity contribution < 1.29 is 9.53 Å². The molecule has 19 heavy (non-hydrogen) atoms. The summed E-state index contributed by atoms with van der Waals surface area (Å²) >= 11 is 0. The molecule has 0 aliphatic rings. The molecule has 102 valence electrons. The molecule has 0 atom stereocenters. The second-order valence-corrected chi connectivity index (χ2v) is 5.82. The van der Waals surface area contributed by atoms with E-state index in [4.69, 9.17) is 4.74 Å². The molecule has 0 aliphatic heterocycles. The molecule has 1 rings (SSSR count). The van der Waals surface area contributed by atoms with Crippen molar-refractivity contribution in [2.75, 3.05) is 4.90 Å². The van der Waals surface area contributed by atoms with Gasteiger partial charge in [0, 0.05) is 5.69 Å². The monoisotopic (exact) mass is 260 g/mol. The lowest BCUT2D eigenvalue weighted by atomic mass is 10.0. The molecule has 0 saturated heterocycles. The number of ether oxygens (including phenoxy) is 1. The number of hydrogen-bond acceptors (Lipinski definition) is 3. The highest BCUT2D eigenvalue weighted by Gasteiger charge is 2.35. The maximum Gasteiger partial charge on any atom is 0.416 e. The number of anilines is 1. The molecule has 0 unspecified atom stereocenters. The Morgan fingerprint density at radius 2 is 1.68 bits per heavy atom. The van der Waals surface area contributed by atoms with Crippen LogP contribution in [0, 0.1) is 11.3 Å². The second-order valence-electron chi connectivity index (χ2n) is 5.82. The van der Waals surface area contributed by atoms with Crippen LogP contribution in [0.1, 0.15) is 34.6 Å². The minimum atomic E-state index is -0.982. The van der Waals surface area contributed by atoms with Crippen molar-refractivity contribution in [3.05, 3.63) is 30.3 Å². The highest BCUT2D eigenvalue weighted by molar-refractivity contribution is 5.90. The number of hydrogen-bond donors (Lipinski definition) is 0. The summed E-state index contributed by atoms with van der Waals surface area (Å²) in [6, 6.07) is 11.2. The van der Waals surface area contributed by atoms with Crippen LogP contribution in [0.3, 0.4) is 0 Å². The Balaban J connectivity index is 3.16. The van der Waals surface area contributed by atoms with E-state index in [1.54, 1.807) is 46.8 Å². The van der Waals surface area contributed by atoms with E-state index in [-0.39, 0.29) is 0 Å². The molecule has 0 saturated carbocycles. The topological polar surface area (TPSA) is 53.3 Å². The molecule has 4 heteroatoms. The van der Waals surface area contributed by atoms with Gasteiger partial charge in [-0.3, -0.25) is 4.90 Å². The van der Waals surface area contributed by atoms with Crippen molar-refractivity contribution in [1.29, 1.82) is 5.26 Å². The summed E-state index contributed by atoms with van der Waals surface area (Å²) in [6.45, 7) is 8.77. The van der Waals surface area contributed by atoms with Gasteiger partial charge in [-0.1, -0.05) is 18.2 Å². The lowest BCUT2D eigenvalue weighted by Gasteiger charge is -2.34. The van der Waals surface area contributed by atoms with Crippen molar-refractivity contribution in [1.82, 2.24) is 0 Å². The van der Waals surface area contributed by atoms with E-state index >= 15 is 0 Å². The first kappa shape index (κ1) is 15.0. The third-order valence-electron chi connectivity index (χ3n) is 2.42. The summed E-state index contributed by atoms with van der Waals surface area (Å²) in [5.41, 5.74) is -0.942. The van der Waals surface area contributed by atoms with E-state index in [9.17, 15) is 10.1 Å². The van der Waals surface area contributed by atoms with Crippen LogP contribution in [0.5, 0.6) is 0 Å². The number of benzene rings is 1. The van der Waals surface area contributed by atoms with Crippen molar-refractivity contribution in [2.24, 2.45) is 0 Å². The quantitative estimate of drug-likeness (QED) is 0.814. The molecule has 0 heterocycles. The van der Waals surface area contributed by atoms with Gasteiger partial charge < -0.3 is 4.74 Å². The number of rotatable bonds is 2. The zero-order valence-electron chi connectivity index (χ0n) is 12.1. The van der Waals surface area contributed by atoms with Gasteiger partial charge in [-0.2, -0.15) is 5.26 Å². The smallest absolute Gasteiger partial charge is 0.416 e. The fourth-order valence-electron chi connectivity index (χ4n) is 1.59. The fraction of sp³-hybridized carbons (Fsp3) is 0.467. The Hall–Kier alpha value is -2.02. The number of nitriles is 1. The Morgan fingerprint density at radius 1 is 1.16 bits per heavy atom. The maximum atomic E-state index is 12.3. The number of nitrogens with zero attached hydrogens (tertiary/aromatic N) is 2. The zero-order valence-corrected chi connectivity index (χ0v) is 12.1. The molecule has 0 aliphatic carbocycles. The van der Waals surface area contributed by atoms with E-state index in [2.05, 4.69) is 6.07 Å². The van der Waals surface area contributed by atoms with Gasteiger partial charge in [0.2, 0.25) is 0 Å². The molecule has 1 amide bonds. The van der Waals surface area contributed by atoms with Crippen molar-refractivity contribution in [3.8, 4) is 6.07 Å². The normalized spacial score (nSPS) is 11.6. The SMILES string of the molecule is CC(C)(C)OC(=O)N(c1ccccc1)C(C)(C)C#N. The Kier molecular flexibility index (Phi) is 4.21. The van der Waals surface area contributed by atoms with E-state index in [1.807, 2.05) is 18.2 Å². The molecular weight excluding hydrogens is 240 g/mol. The molecule has 0 aromatic heterocycles. The van der Waals surface area contributed by atoms with Crippen LogP contribution in [0.15, 0.2) is 30.3 Å². The third kappa shape index (κ3) is 3.99. The van der Waals surface area contributed by atoms with Gasteiger partial charge in [0.25, 0.3) is 0 Å². The maximum absolute atomic E-state index is 12.3. The zero-order chi connectivity index (χ0) is 14.7. The van der Waals surface area contributed by atoms with Gasteiger partial charge in [0.15, 0.2) is 0 Å². The molecule has 0 spiro atoms. The number of carbonyl (C=O) groups excluding carboxylic acids is 1.